The number of amides is 1. The Bertz CT molecular complexity index is 791. The molecule has 132 valence electrons. The van der Waals surface area contributed by atoms with Crippen molar-refractivity contribution in [3.63, 3.8) is 0 Å². The topological polar surface area (TPSA) is 58.6 Å². The molecule has 1 fully saturated rings. The van der Waals surface area contributed by atoms with Gasteiger partial charge in [0.1, 0.15) is 12.1 Å². The first-order valence-electron chi connectivity index (χ1n) is 8.62. The fourth-order valence-electron chi connectivity index (χ4n) is 3.48. The minimum atomic E-state index is -0.427. The number of fused-ring (bicyclic) bond motifs is 1. The Hall–Kier alpha value is -1.99. The summed E-state index contributed by atoms with van der Waals surface area (Å²) in [6.07, 6.45) is 2.11. The molecule has 7 heteroatoms. The molecule has 4 heterocycles. The Morgan fingerprint density at radius 2 is 2.20 bits per heavy atom. The molecule has 1 saturated heterocycles. The second-order valence-electron chi connectivity index (χ2n) is 6.59. The third-order valence-corrected chi connectivity index (χ3v) is 6.09. The van der Waals surface area contributed by atoms with Gasteiger partial charge in [-0.05, 0) is 37.3 Å². The largest absolute Gasteiger partial charge is 0.365 e. The molecule has 2 aliphatic rings. The first kappa shape index (κ1) is 16.5. The molecule has 1 atom stereocenters. The minimum Gasteiger partial charge on any atom is -0.365 e. The van der Waals surface area contributed by atoms with Crippen LogP contribution in [0.2, 0.25) is 0 Å². The monoisotopic (exact) mass is 358 g/mol. The molecule has 0 aromatic carbocycles. The van der Waals surface area contributed by atoms with E-state index in [1.165, 1.54) is 10.4 Å². The molecule has 0 spiro atoms. The highest BCUT2D eigenvalue weighted by atomic mass is 32.1. The zero-order valence-electron chi connectivity index (χ0n) is 14.6. The third kappa shape index (κ3) is 3.14. The van der Waals surface area contributed by atoms with Crippen molar-refractivity contribution in [1.82, 2.24) is 14.9 Å². The lowest BCUT2D eigenvalue weighted by atomic mass is 10.1. The summed E-state index contributed by atoms with van der Waals surface area (Å²) in [6.45, 7) is 7.31. The average Bonchev–Trinajstić information content (AvgIpc) is 3.11. The Kier molecular flexibility index (Phi) is 4.43. The van der Waals surface area contributed by atoms with Gasteiger partial charge in [0.15, 0.2) is 6.10 Å². The maximum atomic E-state index is 13.0. The molecular formula is C18H22N4O2S. The highest BCUT2D eigenvalue weighted by Crippen LogP contribution is 2.26. The number of hydrogen-bond acceptors (Lipinski definition) is 6. The van der Waals surface area contributed by atoms with Crippen molar-refractivity contribution in [1.29, 1.82) is 0 Å². The molecule has 6 nitrogen and oxygen atoms in total. The summed E-state index contributed by atoms with van der Waals surface area (Å²) in [5, 5.41) is 2.11. The number of thiophene rings is 1. The molecule has 25 heavy (non-hydrogen) atoms. The summed E-state index contributed by atoms with van der Waals surface area (Å²) in [7, 11) is 0. The van der Waals surface area contributed by atoms with E-state index in [2.05, 4.69) is 26.3 Å². The lowest BCUT2D eigenvalue weighted by Crippen LogP contribution is -2.52. The quantitative estimate of drug-likeness (QED) is 0.821. The summed E-state index contributed by atoms with van der Waals surface area (Å²) in [5.41, 5.74) is 3.32. The maximum absolute atomic E-state index is 13.0. The van der Waals surface area contributed by atoms with Gasteiger partial charge in [-0.3, -0.25) is 4.79 Å². The molecule has 4 rings (SSSR count). The number of aromatic nitrogens is 2. The average molecular weight is 358 g/mol. The number of carbonyl (C=O) groups excluding carboxylic acids is 1. The highest BCUT2D eigenvalue weighted by molar-refractivity contribution is 7.10. The van der Waals surface area contributed by atoms with E-state index in [9.17, 15) is 4.79 Å². The van der Waals surface area contributed by atoms with E-state index in [4.69, 9.17) is 4.74 Å². The van der Waals surface area contributed by atoms with E-state index in [0.717, 1.165) is 36.6 Å². The van der Waals surface area contributed by atoms with Crippen LogP contribution in [0.5, 0.6) is 0 Å². The fraction of sp³-hybridized carbons (Fsp3) is 0.500. The summed E-state index contributed by atoms with van der Waals surface area (Å²) in [6, 6.07) is 2.13. The molecular weight excluding hydrogens is 336 g/mol. The van der Waals surface area contributed by atoms with Gasteiger partial charge in [-0.15, -0.1) is 11.3 Å². The molecule has 0 bridgehead atoms. The maximum Gasteiger partial charge on any atom is 0.253 e. The third-order valence-electron chi connectivity index (χ3n) is 5.07. The van der Waals surface area contributed by atoms with Crippen molar-refractivity contribution < 1.29 is 9.53 Å². The lowest BCUT2D eigenvalue weighted by molar-refractivity contribution is -0.145. The van der Waals surface area contributed by atoms with Gasteiger partial charge in [-0.1, -0.05) is 0 Å². The number of rotatable bonds is 2. The molecule has 0 aliphatic carbocycles. The van der Waals surface area contributed by atoms with Crippen molar-refractivity contribution in [2.45, 2.75) is 32.9 Å². The molecule has 0 N–H and O–H groups in total. The SMILES string of the molecule is Cc1ncnc(N2CCOC(C(=O)N3CCc4sccc4C3)C2)c1C. The fourth-order valence-corrected chi connectivity index (χ4v) is 4.37. The van der Waals surface area contributed by atoms with Crippen LogP contribution in [0.1, 0.15) is 21.7 Å². The second-order valence-corrected chi connectivity index (χ2v) is 7.59. The van der Waals surface area contributed by atoms with Gasteiger partial charge in [-0.2, -0.15) is 0 Å². The molecule has 2 aliphatic heterocycles. The number of morpholine rings is 1. The van der Waals surface area contributed by atoms with Crippen molar-refractivity contribution in [2.24, 2.45) is 0 Å². The van der Waals surface area contributed by atoms with Gasteiger partial charge in [0.05, 0.1) is 13.2 Å². The van der Waals surface area contributed by atoms with Crippen LogP contribution in [0.15, 0.2) is 17.8 Å². The first-order valence-corrected chi connectivity index (χ1v) is 9.50. The molecule has 2 aromatic rings. The Morgan fingerprint density at radius 3 is 3.08 bits per heavy atom. The number of carbonyl (C=O) groups is 1. The van der Waals surface area contributed by atoms with E-state index in [1.807, 2.05) is 18.7 Å². The van der Waals surface area contributed by atoms with Crippen LogP contribution in [0, 0.1) is 13.8 Å². The normalized spacial score (nSPS) is 20.5. The van der Waals surface area contributed by atoms with Crippen LogP contribution >= 0.6 is 11.3 Å². The standard InChI is InChI=1S/C18H22N4O2S/c1-12-13(2)19-11-20-17(12)21-6-7-24-15(10-21)18(23)22-5-3-16-14(9-22)4-8-25-16/h4,8,11,15H,3,5-7,9-10H2,1-2H3. The van der Waals surface area contributed by atoms with Gasteiger partial charge in [0.25, 0.3) is 5.91 Å². The van der Waals surface area contributed by atoms with Crippen LogP contribution in [0.3, 0.4) is 0 Å². The molecule has 1 amide bonds. The Balaban J connectivity index is 1.48. The van der Waals surface area contributed by atoms with Gasteiger partial charge in [-0.25, -0.2) is 9.97 Å². The van der Waals surface area contributed by atoms with Crippen LogP contribution in [0.25, 0.3) is 0 Å². The lowest BCUT2D eigenvalue weighted by Gasteiger charge is -2.37. The summed E-state index contributed by atoms with van der Waals surface area (Å²) < 4.78 is 5.81. The molecule has 2 aromatic heterocycles. The predicted octanol–water partition coefficient (Wildman–Crippen LogP) is 1.95. The number of ether oxygens (including phenoxy) is 1. The zero-order chi connectivity index (χ0) is 17.4. The van der Waals surface area contributed by atoms with Crippen molar-refractivity contribution in [3.8, 4) is 0 Å². The summed E-state index contributed by atoms with van der Waals surface area (Å²) in [5.74, 6) is 0.998. The van der Waals surface area contributed by atoms with E-state index >= 15 is 0 Å². The zero-order valence-corrected chi connectivity index (χ0v) is 15.4. The van der Waals surface area contributed by atoms with Crippen molar-refractivity contribution in [2.75, 3.05) is 31.1 Å². The first-order chi connectivity index (χ1) is 12.1. The number of hydrogen-bond donors (Lipinski definition) is 0. The Morgan fingerprint density at radius 1 is 1.32 bits per heavy atom. The van der Waals surface area contributed by atoms with Gasteiger partial charge in [0, 0.05) is 35.8 Å². The van der Waals surface area contributed by atoms with Crippen LogP contribution in [-0.4, -0.2) is 53.1 Å². The number of nitrogens with zero attached hydrogens (tertiary/aromatic N) is 4. The second kappa shape index (κ2) is 6.72. The highest BCUT2D eigenvalue weighted by Gasteiger charge is 2.33. The van der Waals surface area contributed by atoms with Crippen LogP contribution < -0.4 is 4.90 Å². The van der Waals surface area contributed by atoms with Crippen molar-refractivity contribution >= 4 is 23.1 Å². The van der Waals surface area contributed by atoms with E-state index in [1.54, 1.807) is 17.7 Å². The smallest absolute Gasteiger partial charge is 0.253 e. The van der Waals surface area contributed by atoms with E-state index in [-0.39, 0.29) is 5.91 Å². The summed E-state index contributed by atoms with van der Waals surface area (Å²) in [4.78, 5) is 27.1. The molecule has 0 radical (unpaired) electrons. The minimum absolute atomic E-state index is 0.0879. The van der Waals surface area contributed by atoms with Gasteiger partial charge < -0.3 is 14.5 Å². The Labute approximate surface area is 151 Å². The predicted molar refractivity (Wildman–Crippen MR) is 96.9 cm³/mol. The van der Waals surface area contributed by atoms with Crippen LogP contribution in [-0.2, 0) is 22.5 Å². The number of aryl methyl sites for hydroxylation is 1. The van der Waals surface area contributed by atoms with Crippen LogP contribution in [0.4, 0.5) is 5.82 Å². The molecule has 1 unspecified atom stereocenters. The van der Waals surface area contributed by atoms with E-state index < -0.39 is 6.10 Å². The molecule has 0 saturated carbocycles. The summed E-state index contributed by atoms with van der Waals surface area (Å²) >= 11 is 1.78. The van der Waals surface area contributed by atoms with E-state index in [0.29, 0.717) is 19.7 Å². The van der Waals surface area contributed by atoms with Gasteiger partial charge in [0.2, 0.25) is 0 Å². The number of anilines is 1. The van der Waals surface area contributed by atoms with Gasteiger partial charge >= 0.3 is 0 Å². The van der Waals surface area contributed by atoms with Crippen molar-refractivity contribution in [3.05, 3.63) is 39.5 Å².